The Labute approximate surface area is 188 Å². The van der Waals surface area contributed by atoms with Gasteiger partial charge < -0.3 is 15.5 Å². The molecule has 2 N–H and O–H groups in total. The van der Waals surface area contributed by atoms with Crippen molar-refractivity contribution in [1.82, 2.24) is 25.2 Å². The van der Waals surface area contributed by atoms with E-state index < -0.39 is 11.4 Å². The molecule has 0 aromatic carbocycles. The smallest absolute Gasteiger partial charge is 0.274 e. The number of thiophene rings is 1. The third kappa shape index (κ3) is 4.02. The largest absolute Gasteiger partial charge is 0.348 e. The van der Waals surface area contributed by atoms with Gasteiger partial charge in [0.15, 0.2) is 5.69 Å². The Morgan fingerprint density at radius 2 is 2.06 bits per heavy atom. The maximum Gasteiger partial charge on any atom is 0.274 e. The number of anilines is 1. The molecule has 0 bridgehead atoms. The lowest BCUT2D eigenvalue weighted by atomic mass is 9.91. The number of halogens is 1. The number of fused-ring (bicyclic) bond motifs is 1. The highest BCUT2D eigenvalue weighted by atomic mass is 32.1. The van der Waals surface area contributed by atoms with Crippen LogP contribution in [0.15, 0.2) is 29.9 Å². The molecule has 1 atom stereocenters. The highest BCUT2D eigenvalue weighted by molar-refractivity contribution is 7.17. The lowest BCUT2D eigenvalue weighted by Crippen LogP contribution is -2.69. The molecule has 0 spiro atoms. The lowest BCUT2D eigenvalue weighted by Gasteiger charge is -2.48. The number of aromatic nitrogens is 3. The molecule has 1 aliphatic carbocycles. The zero-order valence-corrected chi connectivity index (χ0v) is 18.6. The Bertz CT molecular complexity index is 1200. The lowest BCUT2D eigenvalue weighted by molar-refractivity contribution is -0.125. The number of pyridine rings is 1. The van der Waals surface area contributed by atoms with Crippen molar-refractivity contribution in [3.05, 3.63) is 47.0 Å². The highest BCUT2D eigenvalue weighted by Crippen LogP contribution is 2.32. The average Bonchev–Trinajstić information content (AvgIpc) is 3.49. The molecule has 5 rings (SSSR count). The fourth-order valence-corrected chi connectivity index (χ4v) is 4.74. The minimum absolute atomic E-state index is 0.0783. The molecule has 1 saturated heterocycles. The zero-order valence-electron chi connectivity index (χ0n) is 17.8. The topological polar surface area (TPSA) is 100 Å². The van der Waals surface area contributed by atoms with E-state index in [1.54, 1.807) is 11.1 Å². The van der Waals surface area contributed by atoms with Gasteiger partial charge in [-0.25, -0.2) is 14.4 Å². The number of likely N-dealkylation sites (tertiary alicyclic amines) is 1. The molecule has 3 aromatic rings. The van der Waals surface area contributed by atoms with E-state index in [1.165, 1.54) is 17.4 Å². The van der Waals surface area contributed by atoms with Gasteiger partial charge in [-0.3, -0.25) is 14.6 Å². The first-order valence-corrected chi connectivity index (χ1v) is 11.4. The van der Waals surface area contributed by atoms with Crippen LogP contribution in [0.5, 0.6) is 0 Å². The number of hydrogen-bond acceptors (Lipinski definition) is 7. The van der Waals surface area contributed by atoms with Gasteiger partial charge in [0.05, 0.1) is 28.0 Å². The summed E-state index contributed by atoms with van der Waals surface area (Å²) >= 11 is 1.41. The van der Waals surface area contributed by atoms with Crippen LogP contribution in [0.1, 0.15) is 48.8 Å². The van der Waals surface area contributed by atoms with Crippen molar-refractivity contribution < 1.29 is 14.0 Å². The monoisotopic (exact) mass is 454 g/mol. The Hall–Kier alpha value is -3.14. The number of amides is 2. The molecule has 1 aliphatic heterocycles. The quantitative estimate of drug-likeness (QED) is 0.594. The fourth-order valence-electron chi connectivity index (χ4n) is 3.93. The Balaban J connectivity index is 1.34. The Morgan fingerprint density at radius 3 is 2.78 bits per heavy atom. The van der Waals surface area contributed by atoms with Crippen LogP contribution in [0, 0.1) is 11.7 Å². The first-order valence-electron chi connectivity index (χ1n) is 10.5. The summed E-state index contributed by atoms with van der Waals surface area (Å²) in [5.74, 6) is -0.110. The van der Waals surface area contributed by atoms with Crippen molar-refractivity contribution in [3.63, 3.8) is 0 Å². The van der Waals surface area contributed by atoms with Crippen LogP contribution < -0.4 is 10.6 Å². The second kappa shape index (κ2) is 7.77. The number of carbonyl (C=O) groups is 2. The van der Waals surface area contributed by atoms with Crippen molar-refractivity contribution in [3.8, 4) is 0 Å². The summed E-state index contributed by atoms with van der Waals surface area (Å²) in [6.07, 6.45) is 4.62. The number of hydrogen-bond donors (Lipinski definition) is 2. The predicted octanol–water partition coefficient (Wildman–Crippen LogP) is 3.14. The number of rotatable bonds is 6. The molecule has 166 valence electrons. The SMILES string of the molecule is C[C@H](Nc1nc(C(=O)N2CC(C)(NC(=O)C3CC3)C2)c2sccc2n1)c1cncc(F)c1. The standard InChI is InChI=1S/C22H23FN6O2S/c1-12(14-7-15(23)9-24-8-14)25-21-26-16-5-6-32-18(16)17(27-21)20(31)29-10-22(2,11-29)28-19(30)13-3-4-13/h5-9,12-13H,3-4,10-11H2,1-2H3,(H,28,30)(H,25,26,27)/t12-/m0/s1. The summed E-state index contributed by atoms with van der Waals surface area (Å²) < 4.78 is 14.2. The summed E-state index contributed by atoms with van der Waals surface area (Å²) in [6, 6.07) is 2.94. The second-order valence-electron chi connectivity index (χ2n) is 8.82. The summed E-state index contributed by atoms with van der Waals surface area (Å²) in [7, 11) is 0. The van der Waals surface area contributed by atoms with Crippen molar-refractivity contribution in [1.29, 1.82) is 0 Å². The molecular weight excluding hydrogens is 431 g/mol. The zero-order chi connectivity index (χ0) is 22.5. The summed E-state index contributed by atoms with van der Waals surface area (Å²) in [4.78, 5) is 40.0. The van der Waals surface area contributed by atoms with E-state index in [4.69, 9.17) is 0 Å². The van der Waals surface area contributed by atoms with Gasteiger partial charge in [-0.05, 0) is 49.8 Å². The first-order chi connectivity index (χ1) is 15.3. The summed E-state index contributed by atoms with van der Waals surface area (Å²) in [6.45, 7) is 4.69. The molecule has 32 heavy (non-hydrogen) atoms. The third-order valence-corrected chi connectivity index (χ3v) is 6.73. The summed E-state index contributed by atoms with van der Waals surface area (Å²) in [5.41, 5.74) is 1.24. The van der Waals surface area contributed by atoms with E-state index in [9.17, 15) is 14.0 Å². The van der Waals surface area contributed by atoms with Crippen LogP contribution in [0.25, 0.3) is 10.2 Å². The number of nitrogens with zero attached hydrogens (tertiary/aromatic N) is 4. The van der Waals surface area contributed by atoms with E-state index in [2.05, 4.69) is 25.6 Å². The van der Waals surface area contributed by atoms with Crippen molar-refractivity contribution >= 4 is 39.3 Å². The molecule has 2 amide bonds. The van der Waals surface area contributed by atoms with Crippen LogP contribution in [-0.4, -0.2) is 50.3 Å². The second-order valence-corrected chi connectivity index (χ2v) is 9.73. The van der Waals surface area contributed by atoms with Gasteiger partial charge in [0, 0.05) is 25.2 Å². The molecule has 10 heteroatoms. The predicted molar refractivity (Wildman–Crippen MR) is 119 cm³/mol. The van der Waals surface area contributed by atoms with E-state index >= 15 is 0 Å². The van der Waals surface area contributed by atoms with Gasteiger partial charge >= 0.3 is 0 Å². The van der Waals surface area contributed by atoms with E-state index in [0.29, 0.717) is 35.8 Å². The fraction of sp³-hybridized carbons (Fsp3) is 0.409. The van der Waals surface area contributed by atoms with Gasteiger partial charge in [-0.2, -0.15) is 0 Å². The van der Waals surface area contributed by atoms with Gasteiger partial charge in [0.1, 0.15) is 5.82 Å². The molecule has 4 heterocycles. The van der Waals surface area contributed by atoms with E-state index in [-0.39, 0.29) is 23.8 Å². The normalized spacial score (nSPS) is 18.2. The van der Waals surface area contributed by atoms with Gasteiger partial charge in [0.25, 0.3) is 5.91 Å². The van der Waals surface area contributed by atoms with E-state index in [1.807, 2.05) is 25.3 Å². The van der Waals surface area contributed by atoms with Crippen molar-refractivity contribution in [2.75, 3.05) is 18.4 Å². The molecule has 0 unspecified atom stereocenters. The van der Waals surface area contributed by atoms with Gasteiger partial charge in [-0.15, -0.1) is 11.3 Å². The maximum absolute atomic E-state index is 13.5. The van der Waals surface area contributed by atoms with Crippen LogP contribution in [0.4, 0.5) is 10.3 Å². The van der Waals surface area contributed by atoms with Crippen LogP contribution in [0.2, 0.25) is 0 Å². The van der Waals surface area contributed by atoms with Crippen LogP contribution in [0.3, 0.4) is 0 Å². The Morgan fingerprint density at radius 1 is 1.28 bits per heavy atom. The number of nitrogens with one attached hydrogen (secondary N) is 2. The Kier molecular flexibility index (Phi) is 5.04. The third-order valence-electron chi connectivity index (χ3n) is 5.82. The molecular formula is C22H23FN6O2S. The van der Waals surface area contributed by atoms with Crippen molar-refractivity contribution in [2.24, 2.45) is 5.92 Å². The first kappa shape index (κ1) is 20.7. The van der Waals surface area contributed by atoms with Gasteiger partial charge in [0.2, 0.25) is 11.9 Å². The van der Waals surface area contributed by atoms with Crippen molar-refractivity contribution in [2.45, 2.75) is 38.3 Å². The highest BCUT2D eigenvalue weighted by Gasteiger charge is 2.45. The maximum atomic E-state index is 13.5. The molecule has 2 aliphatic rings. The summed E-state index contributed by atoms with van der Waals surface area (Å²) in [5, 5.41) is 8.09. The molecule has 0 radical (unpaired) electrons. The average molecular weight is 455 g/mol. The molecule has 3 aromatic heterocycles. The number of carbonyl (C=O) groups excluding carboxylic acids is 2. The van der Waals surface area contributed by atoms with Gasteiger partial charge in [-0.1, -0.05) is 0 Å². The molecule has 8 nitrogen and oxygen atoms in total. The minimum Gasteiger partial charge on any atom is -0.348 e. The van der Waals surface area contributed by atoms with Crippen LogP contribution in [-0.2, 0) is 4.79 Å². The minimum atomic E-state index is -0.421. The van der Waals surface area contributed by atoms with Crippen LogP contribution >= 0.6 is 11.3 Å². The van der Waals surface area contributed by atoms with E-state index in [0.717, 1.165) is 23.7 Å². The molecule has 1 saturated carbocycles. The molecule has 2 fully saturated rings.